The van der Waals surface area contributed by atoms with Crippen molar-refractivity contribution < 1.29 is 34.4 Å². The Morgan fingerprint density at radius 1 is 1.11 bits per heavy atom. The summed E-state index contributed by atoms with van der Waals surface area (Å²) in [6, 6.07) is -0.732. The predicted molar refractivity (Wildman–Crippen MR) is 96.2 cm³/mol. The number of amides is 2. The molecule has 0 unspecified atom stereocenters. The summed E-state index contributed by atoms with van der Waals surface area (Å²) in [6.45, 7) is 2.45. The number of hydrogen-bond donors (Lipinski definition) is 6. The minimum Gasteiger partial charge on any atom is -0.388 e. The molecule has 6 atom stereocenters. The summed E-state index contributed by atoms with van der Waals surface area (Å²) < 4.78 is 10.8. The molecule has 2 amide bonds. The van der Waals surface area contributed by atoms with Crippen molar-refractivity contribution in [2.24, 2.45) is 11.5 Å². The first-order valence-corrected chi connectivity index (χ1v) is 9.37. The molecule has 8 N–H and O–H groups in total. The highest BCUT2D eigenvalue weighted by Crippen LogP contribution is 2.21. The third-order valence-corrected chi connectivity index (χ3v) is 4.50. The van der Waals surface area contributed by atoms with Gasteiger partial charge in [-0.25, -0.2) is 0 Å². The Morgan fingerprint density at radius 3 is 2.44 bits per heavy atom. The lowest BCUT2D eigenvalue weighted by Gasteiger charge is -2.38. The van der Waals surface area contributed by atoms with E-state index in [0.717, 1.165) is 25.7 Å². The minimum atomic E-state index is -1.29. The van der Waals surface area contributed by atoms with Crippen LogP contribution in [0.25, 0.3) is 0 Å². The van der Waals surface area contributed by atoms with Crippen molar-refractivity contribution in [3.05, 3.63) is 0 Å². The van der Waals surface area contributed by atoms with Crippen molar-refractivity contribution >= 4 is 11.8 Å². The van der Waals surface area contributed by atoms with Crippen LogP contribution in [-0.2, 0) is 19.1 Å². The van der Waals surface area contributed by atoms with Crippen molar-refractivity contribution in [2.75, 3.05) is 13.2 Å². The Labute approximate surface area is 159 Å². The maximum atomic E-state index is 11.7. The molecule has 0 saturated carbocycles. The molecule has 0 aliphatic carbocycles. The highest BCUT2D eigenvalue weighted by molar-refractivity contribution is 5.82. The van der Waals surface area contributed by atoms with Gasteiger partial charge in [-0.2, -0.15) is 0 Å². The van der Waals surface area contributed by atoms with Crippen LogP contribution >= 0.6 is 0 Å². The summed E-state index contributed by atoms with van der Waals surface area (Å²) in [6.07, 6.45) is -1.75. The van der Waals surface area contributed by atoms with Gasteiger partial charge in [0.25, 0.3) is 0 Å². The Morgan fingerprint density at radius 2 is 1.78 bits per heavy atom. The molecule has 1 rings (SSSR count). The molecule has 158 valence electrons. The lowest BCUT2D eigenvalue weighted by molar-refractivity contribution is -0.293. The fraction of sp³-hybridized carbons (Fsp3) is 0.882. The smallest absolute Gasteiger partial charge is 0.236 e. The number of rotatable bonds is 12. The average Bonchev–Trinajstić information content (AvgIpc) is 2.63. The van der Waals surface area contributed by atoms with Crippen molar-refractivity contribution in [3.8, 4) is 0 Å². The Hall–Kier alpha value is -1.30. The van der Waals surface area contributed by atoms with Crippen molar-refractivity contribution in [1.82, 2.24) is 5.32 Å². The second kappa shape index (κ2) is 12.2. The molecule has 0 aromatic rings. The van der Waals surface area contributed by atoms with Gasteiger partial charge in [0.2, 0.25) is 11.8 Å². The summed E-state index contributed by atoms with van der Waals surface area (Å²) in [4.78, 5) is 22.3. The highest BCUT2D eigenvalue weighted by atomic mass is 16.7. The molecule has 0 bridgehead atoms. The van der Waals surface area contributed by atoms with Gasteiger partial charge in [-0.1, -0.05) is 12.8 Å². The summed E-state index contributed by atoms with van der Waals surface area (Å²) >= 11 is 0. The van der Waals surface area contributed by atoms with E-state index in [2.05, 4.69) is 5.32 Å². The summed E-state index contributed by atoms with van der Waals surface area (Å²) in [5.41, 5.74) is 10.7. The largest absolute Gasteiger partial charge is 0.388 e. The van der Waals surface area contributed by atoms with Gasteiger partial charge in [0.1, 0.15) is 18.3 Å². The first-order valence-electron chi connectivity index (χ1n) is 9.37. The van der Waals surface area contributed by atoms with Gasteiger partial charge in [0, 0.05) is 19.6 Å². The molecule has 1 aliphatic rings. The first kappa shape index (κ1) is 23.7. The molecule has 1 saturated heterocycles. The van der Waals surface area contributed by atoms with Gasteiger partial charge in [-0.3, -0.25) is 9.59 Å². The first-order chi connectivity index (χ1) is 12.7. The molecular formula is C17H33N3O7. The summed E-state index contributed by atoms with van der Waals surface area (Å²) in [5, 5.41) is 31.9. The van der Waals surface area contributed by atoms with E-state index in [1.165, 1.54) is 0 Å². The van der Waals surface area contributed by atoms with Gasteiger partial charge in [-0.05, 0) is 26.2 Å². The second-order valence-electron chi connectivity index (χ2n) is 6.87. The molecule has 10 nitrogen and oxygen atoms in total. The van der Waals surface area contributed by atoms with E-state index >= 15 is 0 Å². The van der Waals surface area contributed by atoms with Crippen molar-refractivity contribution in [2.45, 2.75) is 82.2 Å². The van der Waals surface area contributed by atoms with Crippen molar-refractivity contribution in [1.29, 1.82) is 0 Å². The SMILES string of the molecule is C[C@@H]1O[C@H](OCCCCCCNC(=O)[C@@H](N)CCC(N)=O)[C@@H](O)[C@H](O)[C@@H]1O. The van der Waals surface area contributed by atoms with E-state index in [-0.39, 0.29) is 18.7 Å². The highest BCUT2D eigenvalue weighted by Gasteiger charge is 2.42. The van der Waals surface area contributed by atoms with E-state index in [9.17, 15) is 24.9 Å². The van der Waals surface area contributed by atoms with E-state index in [1.807, 2.05) is 0 Å². The zero-order valence-electron chi connectivity index (χ0n) is 15.8. The number of ether oxygens (including phenoxy) is 2. The topological polar surface area (TPSA) is 177 Å². The van der Waals surface area contributed by atoms with Crippen LogP contribution in [0.15, 0.2) is 0 Å². The summed E-state index contributed by atoms with van der Waals surface area (Å²) in [5.74, 6) is -0.773. The van der Waals surface area contributed by atoms with Crippen LogP contribution < -0.4 is 16.8 Å². The zero-order valence-corrected chi connectivity index (χ0v) is 15.8. The van der Waals surface area contributed by atoms with Crippen LogP contribution in [0, 0.1) is 0 Å². The van der Waals surface area contributed by atoms with Gasteiger partial charge in [0.05, 0.1) is 12.1 Å². The van der Waals surface area contributed by atoms with Gasteiger partial charge in [0.15, 0.2) is 6.29 Å². The Bertz CT molecular complexity index is 466. The number of aliphatic hydroxyl groups excluding tert-OH is 3. The monoisotopic (exact) mass is 391 g/mol. The third kappa shape index (κ3) is 8.50. The molecule has 0 aromatic heterocycles. The van der Waals surface area contributed by atoms with E-state index < -0.39 is 42.7 Å². The molecule has 1 aliphatic heterocycles. The number of unbranched alkanes of at least 4 members (excludes halogenated alkanes) is 3. The van der Waals surface area contributed by atoms with Crippen molar-refractivity contribution in [3.63, 3.8) is 0 Å². The van der Waals surface area contributed by atoms with E-state index in [1.54, 1.807) is 6.92 Å². The van der Waals surface area contributed by atoms with E-state index in [4.69, 9.17) is 20.9 Å². The van der Waals surface area contributed by atoms with Crippen LogP contribution in [0.5, 0.6) is 0 Å². The number of primary amides is 1. The van der Waals surface area contributed by atoms with Crippen LogP contribution in [0.3, 0.4) is 0 Å². The summed E-state index contributed by atoms with van der Waals surface area (Å²) in [7, 11) is 0. The lowest BCUT2D eigenvalue weighted by Crippen LogP contribution is -2.57. The minimum absolute atomic E-state index is 0.0861. The number of aliphatic hydroxyl groups is 3. The van der Waals surface area contributed by atoms with Gasteiger partial charge >= 0.3 is 0 Å². The Kier molecular flexibility index (Phi) is 10.7. The zero-order chi connectivity index (χ0) is 20.4. The fourth-order valence-corrected chi connectivity index (χ4v) is 2.70. The molecule has 0 aromatic carbocycles. The maximum absolute atomic E-state index is 11.7. The van der Waals surface area contributed by atoms with Crippen LogP contribution in [0.4, 0.5) is 0 Å². The normalized spacial score (nSPS) is 29.3. The van der Waals surface area contributed by atoms with E-state index in [0.29, 0.717) is 13.2 Å². The molecule has 0 radical (unpaired) electrons. The van der Waals surface area contributed by atoms with Crippen LogP contribution in [-0.4, -0.2) is 77.0 Å². The third-order valence-electron chi connectivity index (χ3n) is 4.50. The lowest BCUT2D eigenvalue weighted by atomic mass is 10.0. The quantitative estimate of drug-likeness (QED) is 0.209. The van der Waals surface area contributed by atoms with Gasteiger partial charge in [-0.15, -0.1) is 0 Å². The van der Waals surface area contributed by atoms with Crippen LogP contribution in [0.2, 0.25) is 0 Å². The maximum Gasteiger partial charge on any atom is 0.236 e. The van der Waals surface area contributed by atoms with Crippen LogP contribution in [0.1, 0.15) is 45.4 Å². The Balaban J connectivity index is 2.04. The molecule has 27 heavy (non-hydrogen) atoms. The number of nitrogens with two attached hydrogens (primary N) is 2. The average molecular weight is 391 g/mol. The standard InChI is InChI=1S/C17H33N3O7/c1-10-13(22)14(23)15(24)17(27-10)26-9-5-3-2-4-8-20-16(25)11(18)6-7-12(19)21/h10-11,13-15,17,22-24H,2-9,18H2,1H3,(H2,19,21)(H,20,25)/t10-,11-,13+,14+,15-,17-/m0/s1. The molecule has 10 heteroatoms. The molecule has 0 spiro atoms. The number of nitrogens with one attached hydrogen (secondary N) is 1. The molecule has 1 heterocycles. The fourth-order valence-electron chi connectivity index (χ4n) is 2.70. The number of hydrogen-bond acceptors (Lipinski definition) is 8. The number of carbonyl (C=O) groups is 2. The molecule has 1 fully saturated rings. The predicted octanol–water partition coefficient (Wildman–Crippen LogP) is -1.90. The second-order valence-corrected chi connectivity index (χ2v) is 6.87. The van der Waals surface area contributed by atoms with Gasteiger partial charge < -0.3 is 41.6 Å². The molecular weight excluding hydrogens is 358 g/mol. The number of carbonyl (C=O) groups excluding carboxylic acids is 2.